The van der Waals surface area contributed by atoms with Gasteiger partial charge in [-0.2, -0.15) is 0 Å². The zero-order valence-electron chi connectivity index (χ0n) is 8.59. The van der Waals surface area contributed by atoms with Crippen LogP contribution >= 0.6 is 0 Å². The summed E-state index contributed by atoms with van der Waals surface area (Å²) < 4.78 is 28.1. The molecule has 88 valence electrons. The maximum absolute atomic E-state index is 12.2. The Morgan fingerprint density at radius 1 is 1.40 bits per heavy atom. The van der Waals surface area contributed by atoms with E-state index in [1.807, 2.05) is 0 Å². The van der Waals surface area contributed by atoms with Crippen LogP contribution in [0, 0.1) is 0 Å². The number of alkyl halides is 1. The van der Waals surface area contributed by atoms with Crippen LogP contribution in [0.5, 0.6) is 0 Å². The third-order valence-corrected chi connectivity index (χ3v) is 2.59. The van der Waals surface area contributed by atoms with Gasteiger partial charge in [-0.15, -0.1) is 0 Å². The van der Waals surface area contributed by atoms with Crippen molar-refractivity contribution in [2.75, 3.05) is 6.67 Å². The van der Waals surface area contributed by atoms with Gasteiger partial charge < -0.3 is 24.4 Å². The fourth-order valence-electron chi connectivity index (χ4n) is 1.92. The van der Waals surface area contributed by atoms with Crippen LogP contribution in [0.2, 0.25) is 0 Å². The zero-order chi connectivity index (χ0) is 11.2. The summed E-state index contributed by atoms with van der Waals surface area (Å²) in [5.74, 6) is -0.818. The largest absolute Gasteiger partial charge is 0.388 e. The molecule has 6 heteroatoms. The minimum Gasteiger partial charge on any atom is -0.388 e. The Morgan fingerprint density at radius 2 is 2.07 bits per heavy atom. The smallest absolute Gasteiger partial charge is 0.190 e. The molecule has 5 atom stereocenters. The number of aliphatic hydroxyl groups is 2. The Kier molecular flexibility index (Phi) is 2.72. The predicted octanol–water partition coefficient (Wildman–Crippen LogP) is -0.446. The molecule has 2 aliphatic heterocycles. The molecule has 0 amide bonds. The number of ether oxygens (including phenoxy) is 3. The summed E-state index contributed by atoms with van der Waals surface area (Å²) in [4.78, 5) is 0. The highest BCUT2D eigenvalue weighted by molar-refractivity contribution is 4.95. The average molecular weight is 222 g/mol. The van der Waals surface area contributed by atoms with Gasteiger partial charge in [-0.3, -0.25) is 0 Å². The molecule has 0 aliphatic carbocycles. The summed E-state index contributed by atoms with van der Waals surface area (Å²) in [6.45, 7) is 2.43. The maximum atomic E-state index is 12.2. The van der Waals surface area contributed by atoms with Crippen molar-refractivity contribution in [2.24, 2.45) is 0 Å². The fraction of sp³-hybridized carbons (Fsp3) is 1.00. The van der Waals surface area contributed by atoms with E-state index >= 15 is 0 Å². The molecule has 0 spiro atoms. The predicted molar refractivity (Wildman–Crippen MR) is 46.7 cm³/mol. The molecule has 2 N–H and O–H groups in total. The van der Waals surface area contributed by atoms with Crippen molar-refractivity contribution in [3.63, 3.8) is 0 Å². The van der Waals surface area contributed by atoms with Crippen molar-refractivity contribution in [3.05, 3.63) is 0 Å². The van der Waals surface area contributed by atoms with Gasteiger partial charge in [0.15, 0.2) is 12.1 Å². The van der Waals surface area contributed by atoms with Gasteiger partial charge in [0.05, 0.1) is 0 Å². The lowest BCUT2D eigenvalue weighted by atomic mass is 10.1. The third kappa shape index (κ3) is 1.88. The van der Waals surface area contributed by atoms with E-state index in [2.05, 4.69) is 0 Å². The van der Waals surface area contributed by atoms with E-state index in [1.54, 1.807) is 13.8 Å². The zero-order valence-corrected chi connectivity index (χ0v) is 8.59. The van der Waals surface area contributed by atoms with E-state index in [4.69, 9.17) is 14.2 Å². The molecule has 0 bridgehead atoms. The Labute approximate surface area is 86.7 Å². The summed E-state index contributed by atoms with van der Waals surface area (Å²) >= 11 is 0. The Morgan fingerprint density at radius 3 is 2.60 bits per heavy atom. The molecule has 0 aromatic heterocycles. The first kappa shape index (κ1) is 11.2. The summed E-state index contributed by atoms with van der Waals surface area (Å²) in [6.07, 6.45) is -4.79. The minimum absolute atomic E-state index is 0.661. The van der Waals surface area contributed by atoms with Gasteiger partial charge in [-0.1, -0.05) is 0 Å². The number of hydrogen-bond acceptors (Lipinski definition) is 5. The summed E-state index contributed by atoms with van der Waals surface area (Å²) in [5.41, 5.74) is 0. The van der Waals surface area contributed by atoms with Gasteiger partial charge in [0.1, 0.15) is 31.1 Å². The van der Waals surface area contributed by atoms with Crippen LogP contribution in [0.25, 0.3) is 0 Å². The number of aliphatic hydroxyl groups excluding tert-OH is 2. The standard InChI is InChI=1S/C9H15FO5/c1-9(2)14-7-5(12)6(4(11)3-10)13-8(7)15-9/h4-8,11-12H,3H2,1-2H3/t4-,5-,6-,7+,8-/m1/s1. The highest BCUT2D eigenvalue weighted by Gasteiger charge is 2.55. The van der Waals surface area contributed by atoms with Crippen LogP contribution < -0.4 is 0 Å². The van der Waals surface area contributed by atoms with Crippen LogP contribution in [-0.4, -0.2) is 53.4 Å². The van der Waals surface area contributed by atoms with E-state index in [0.29, 0.717) is 0 Å². The van der Waals surface area contributed by atoms with Crippen LogP contribution in [0.15, 0.2) is 0 Å². The molecule has 0 saturated carbocycles. The minimum atomic E-state index is -1.35. The molecule has 0 unspecified atom stereocenters. The molecular weight excluding hydrogens is 207 g/mol. The number of rotatable bonds is 2. The highest BCUT2D eigenvalue weighted by atomic mass is 19.1. The van der Waals surface area contributed by atoms with Crippen molar-refractivity contribution < 1.29 is 28.8 Å². The first-order chi connectivity index (χ1) is 6.94. The Hall–Kier alpha value is -0.270. The normalized spacial score (nSPS) is 45.4. The monoisotopic (exact) mass is 222 g/mol. The molecule has 0 aromatic rings. The summed E-state index contributed by atoms with van der Waals surface area (Å²) in [5, 5.41) is 19.0. The van der Waals surface area contributed by atoms with Crippen LogP contribution in [0.1, 0.15) is 13.8 Å². The number of halogens is 1. The van der Waals surface area contributed by atoms with Crippen LogP contribution in [0.3, 0.4) is 0 Å². The SMILES string of the molecule is CC1(C)O[C@H]2O[C@H]([C@H](O)CF)[C@@H](O)[C@@H]2O1. The fourth-order valence-corrected chi connectivity index (χ4v) is 1.92. The molecule has 2 aliphatic rings. The second-order valence-corrected chi connectivity index (χ2v) is 4.28. The van der Waals surface area contributed by atoms with Crippen molar-refractivity contribution in [1.29, 1.82) is 0 Å². The van der Waals surface area contributed by atoms with Crippen molar-refractivity contribution in [1.82, 2.24) is 0 Å². The quantitative estimate of drug-likeness (QED) is 0.662. The van der Waals surface area contributed by atoms with Gasteiger partial charge in [0.2, 0.25) is 0 Å². The van der Waals surface area contributed by atoms with Crippen molar-refractivity contribution >= 4 is 0 Å². The van der Waals surface area contributed by atoms with Gasteiger partial charge in [-0.25, -0.2) is 4.39 Å². The second kappa shape index (κ2) is 3.64. The Balaban J connectivity index is 2.05. The van der Waals surface area contributed by atoms with Gasteiger partial charge in [-0.05, 0) is 13.8 Å². The molecule has 5 nitrogen and oxygen atoms in total. The van der Waals surface area contributed by atoms with E-state index in [1.165, 1.54) is 0 Å². The van der Waals surface area contributed by atoms with Crippen LogP contribution in [0.4, 0.5) is 4.39 Å². The van der Waals surface area contributed by atoms with Crippen molar-refractivity contribution in [2.45, 2.75) is 50.3 Å². The Bertz CT molecular complexity index is 247. The average Bonchev–Trinajstić information content (AvgIpc) is 2.60. The van der Waals surface area contributed by atoms with E-state index in [-0.39, 0.29) is 0 Å². The molecule has 2 heterocycles. The van der Waals surface area contributed by atoms with Crippen molar-refractivity contribution in [3.8, 4) is 0 Å². The van der Waals surface area contributed by atoms with Gasteiger partial charge in [0, 0.05) is 0 Å². The molecule has 0 radical (unpaired) electrons. The van der Waals surface area contributed by atoms with Gasteiger partial charge >= 0.3 is 0 Å². The van der Waals surface area contributed by atoms with Gasteiger partial charge in [0.25, 0.3) is 0 Å². The summed E-state index contributed by atoms with van der Waals surface area (Å²) in [6, 6.07) is 0. The van der Waals surface area contributed by atoms with E-state index in [9.17, 15) is 14.6 Å². The second-order valence-electron chi connectivity index (χ2n) is 4.28. The molecule has 0 aromatic carbocycles. The maximum Gasteiger partial charge on any atom is 0.190 e. The molecule has 2 saturated heterocycles. The first-order valence-corrected chi connectivity index (χ1v) is 4.88. The topological polar surface area (TPSA) is 68.2 Å². The molecule has 2 rings (SSSR count). The molecule has 2 fully saturated rings. The first-order valence-electron chi connectivity index (χ1n) is 4.88. The third-order valence-electron chi connectivity index (χ3n) is 2.59. The lowest BCUT2D eigenvalue weighted by Gasteiger charge is -2.24. The lowest BCUT2D eigenvalue weighted by Crippen LogP contribution is -2.41. The number of hydrogen-bond donors (Lipinski definition) is 2. The highest BCUT2D eigenvalue weighted by Crippen LogP contribution is 2.38. The van der Waals surface area contributed by atoms with Crippen LogP contribution in [-0.2, 0) is 14.2 Å². The van der Waals surface area contributed by atoms with E-state index < -0.39 is 43.2 Å². The lowest BCUT2D eigenvalue weighted by molar-refractivity contribution is -0.226. The number of fused-ring (bicyclic) bond motifs is 1. The molecular formula is C9H15FO5. The molecule has 15 heavy (non-hydrogen) atoms. The van der Waals surface area contributed by atoms with E-state index in [0.717, 1.165) is 0 Å². The summed E-state index contributed by atoms with van der Waals surface area (Å²) in [7, 11) is 0.